The van der Waals surface area contributed by atoms with Crippen molar-refractivity contribution in [1.82, 2.24) is 0 Å². The molecule has 1 aromatic rings. The largest absolute Gasteiger partial charge is 0.289 e. The van der Waals surface area contributed by atoms with Gasteiger partial charge in [0.2, 0.25) is 0 Å². The summed E-state index contributed by atoms with van der Waals surface area (Å²) in [7, 11) is 0.434. The van der Waals surface area contributed by atoms with Crippen molar-refractivity contribution in [1.29, 1.82) is 0 Å². The van der Waals surface area contributed by atoms with E-state index in [0.29, 0.717) is 14.1 Å². The van der Waals surface area contributed by atoms with E-state index in [1.165, 1.54) is 16.7 Å². The standard InChI is InChI=1S/C13H15OP/c1-5-10-7(2)8(3)11-6-15-13(14)12(11)9(10)4/h5,15H,1,6H2,2-4H3. The third-order valence-electron chi connectivity index (χ3n) is 3.36. The van der Waals surface area contributed by atoms with Crippen molar-refractivity contribution >= 4 is 20.2 Å². The Morgan fingerprint density at radius 1 is 1.20 bits per heavy atom. The maximum absolute atomic E-state index is 11.8. The second kappa shape index (κ2) is 3.57. The summed E-state index contributed by atoms with van der Waals surface area (Å²) in [5, 5.41) is 0. The summed E-state index contributed by atoms with van der Waals surface area (Å²) in [5.41, 5.74) is 7.41. The van der Waals surface area contributed by atoms with Crippen LogP contribution in [0.15, 0.2) is 6.58 Å². The SMILES string of the molecule is C=Cc1c(C)c(C)c2c(c1C)C(=O)PC2. The minimum atomic E-state index is 0.328. The van der Waals surface area contributed by atoms with Gasteiger partial charge in [-0.15, -0.1) is 0 Å². The molecule has 0 aliphatic carbocycles. The summed E-state index contributed by atoms with van der Waals surface area (Å²) in [6, 6.07) is 0. The van der Waals surface area contributed by atoms with Crippen LogP contribution in [-0.2, 0) is 6.16 Å². The van der Waals surface area contributed by atoms with Crippen LogP contribution in [0.4, 0.5) is 0 Å². The van der Waals surface area contributed by atoms with Gasteiger partial charge in [-0.3, -0.25) is 4.79 Å². The molecule has 0 bridgehead atoms. The van der Waals surface area contributed by atoms with Gasteiger partial charge in [0.15, 0.2) is 5.52 Å². The molecule has 1 aliphatic heterocycles. The molecule has 2 rings (SSSR count). The molecule has 1 aromatic carbocycles. The van der Waals surface area contributed by atoms with Crippen LogP contribution in [0.1, 0.15) is 38.2 Å². The van der Waals surface area contributed by atoms with Gasteiger partial charge in [-0.05, 0) is 63.3 Å². The molecule has 1 unspecified atom stereocenters. The van der Waals surface area contributed by atoms with E-state index < -0.39 is 0 Å². The fourth-order valence-corrected chi connectivity index (χ4v) is 3.64. The minimum absolute atomic E-state index is 0.328. The fraction of sp³-hybridized carbons (Fsp3) is 0.308. The maximum Gasteiger partial charge on any atom is 0.182 e. The predicted molar refractivity (Wildman–Crippen MR) is 67.1 cm³/mol. The van der Waals surface area contributed by atoms with Gasteiger partial charge >= 0.3 is 0 Å². The third-order valence-corrected chi connectivity index (χ3v) is 4.46. The molecule has 0 N–H and O–H groups in total. The Labute approximate surface area is 92.4 Å². The van der Waals surface area contributed by atoms with Crippen molar-refractivity contribution in [3.05, 3.63) is 40.0 Å². The molecule has 0 fully saturated rings. The van der Waals surface area contributed by atoms with Gasteiger partial charge in [0.25, 0.3) is 0 Å². The monoisotopic (exact) mass is 218 g/mol. The lowest BCUT2D eigenvalue weighted by molar-refractivity contribution is 0.108. The van der Waals surface area contributed by atoms with E-state index in [4.69, 9.17) is 0 Å². The number of benzene rings is 1. The average molecular weight is 218 g/mol. The number of rotatable bonds is 1. The van der Waals surface area contributed by atoms with Gasteiger partial charge < -0.3 is 0 Å². The number of hydrogen-bond donors (Lipinski definition) is 0. The first-order valence-corrected chi connectivity index (χ1v) is 6.32. The number of fused-ring (bicyclic) bond motifs is 1. The topological polar surface area (TPSA) is 17.1 Å². The van der Waals surface area contributed by atoms with Crippen molar-refractivity contribution < 1.29 is 4.79 Å². The lowest BCUT2D eigenvalue weighted by atomic mass is 9.89. The van der Waals surface area contributed by atoms with Crippen molar-refractivity contribution in [2.24, 2.45) is 0 Å². The second-order valence-electron chi connectivity index (χ2n) is 4.03. The third kappa shape index (κ3) is 1.38. The Morgan fingerprint density at radius 2 is 1.87 bits per heavy atom. The summed E-state index contributed by atoms with van der Waals surface area (Å²) in [4.78, 5) is 11.8. The molecule has 78 valence electrons. The predicted octanol–water partition coefficient (Wildman–Crippen LogP) is 3.59. The van der Waals surface area contributed by atoms with Crippen LogP contribution in [0.2, 0.25) is 0 Å². The lowest BCUT2D eigenvalue weighted by Crippen LogP contribution is -2.02. The van der Waals surface area contributed by atoms with Crippen LogP contribution >= 0.6 is 8.58 Å². The number of carbonyl (C=O) groups excluding carboxylic acids is 1. The molecule has 1 nitrogen and oxygen atoms in total. The van der Waals surface area contributed by atoms with Gasteiger partial charge in [0, 0.05) is 5.56 Å². The summed E-state index contributed by atoms with van der Waals surface area (Å²) in [6.07, 6.45) is 2.81. The van der Waals surface area contributed by atoms with Crippen LogP contribution in [0, 0.1) is 20.8 Å². The Balaban J connectivity index is 2.86. The first kappa shape index (κ1) is 10.6. The van der Waals surface area contributed by atoms with E-state index in [-0.39, 0.29) is 0 Å². The highest BCUT2D eigenvalue weighted by molar-refractivity contribution is 7.59. The molecule has 2 heteroatoms. The molecule has 0 aromatic heterocycles. The van der Waals surface area contributed by atoms with Crippen molar-refractivity contribution in [2.45, 2.75) is 26.9 Å². The zero-order valence-corrected chi connectivity index (χ0v) is 10.4. The first-order chi connectivity index (χ1) is 7.07. The smallest absolute Gasteiger partial charge is 0.182 e. The van der Waals surface area contributed by atoms with Crippen LogP contribution in [0.25, 0.3) is 6.08 Å². The maximum atomic E-state index is 11.8. The van der Waals surface area contributed by atoms with Crippen LogP contribution in [0.5, 0.6) is 0 Å². The summed E-state index contributed by atoms with van der Waals surface area (Å²) >= 11 is 0. The summed E-state index contributed by atoms with van der Waals surface area (Å²) in [5.74, 6) is 0. The zero-order valence-electron chi connectivity index (χ0n) is 9.40. The Kier molecular flexibility index (Phi) is 2.52. The van der Waals surface area contributed by atoms with E-state index in [2.05, 4.69) is 20.4 Å². The molecule has 1 atom stereocenters. The van der Waals surface area contributed by atoms with Crippen molar-refractivity contribution in [3.63, 3.8) is 0 Å². The zero-order chi connectivity index (χ0) is 11.2. The molecule has 0 saturated carbocycles. The Bertz CT molecular complexity index is 472. The van der Waals surface area contributed by atoms with Crippen molar-refractivity contribution in [3.8, 4) is 0 Å². The fourth-order valence-electron chi connectivity index (χ4n) is 2.35. The van der Waals surface area contributed by atoms with E-state index in [0.717, 1.165) is 22.9 Å². The highest BCUT2D eigenvalue weighted by atomic mass is 31.1. The molecular formula is C13H15OP. The Hall–Kier alpha value is -0.940. The molecular weight excluding hydrogens is 203 g/mol. The molecule has 1 heterocycles. The first-order valence-electron chi connectivity index (χ1n) is 5.11. The lowest BCUT2D eigenvalue weighted by Gasteiger charge is -2.14. The molecule has 0 spiro atoms. The number of carbonyl (C=O) groups is 1. The minimum Gasteiger partial charge on any atom is -0.289 e. The molecule has 0 saturated heterocycles. The normalized spacial score (nSPS) is 15.8. The molecule has 0 radical (unpaired) electrons. The quantitative estimate of drug-likeness (QED) is 0.658. The van der Waals surface area contributed by atoms with Gasteiger partial charge in [-0.1, -0.05) is 12.7 Å². The van der Waals surface area contributed by atoms with Gasteiger partial charge in [0.1, 0.15) is 0 Å². The van der Waals surface area contributed by atoms with Gasteiger partial charge in [-0.2, -0.15) is 0 Å². The second-order valence-corrected chi connectivity index (χ2v) is 5.19. The molecule has 0 amide bonds. The molecule has 1 aliphatic rings. The van der Waals surface area contributed by atoms with Gasteiger partial charge in [-0.25, -0.2) is 0 Å². The van der Waals surface area contributed by atoms with Crippen molar-refractivity contribution in [2.75, 3.05) is 0 Å². The number of hydrogen-bond acceptors (Lipinski definition) is 1. The highest BCUT2D eigenvalue weighted by Crippen LogP contribution is 2.41. The summed E-state index contributed by atoms with van der Waals surface area (Å²) < 4.78 is 0. The van der Waals surface area contributed by atoms with Crippen LogP contribution < -0.4 is 0 Å². The van der Waals surface area contributed by atoms with E-state index in [1.807, 2.05) is 13.0 Å². The highest BCUT2D eigenvalue weighted by Gasteiger charge is 2.25. The van der Waals surface area contributed by atoms with E-state index in [9.17, 15) is 4.79 Å². The Morgan fingerprint density at radius 3 is 2.47 bits per heavy atom. The average Bonchev–Trinajstić information content (AvgIpc) is 2.58. The summed E-state index contributed by atoms with van der Waals surface area (Å²) in [6.45, 7) is 10.1. The molecule has 15 heavy (non-hydrogen) atoms. The van der Waals surface area contributed by atoms with Crippen LogP contribution in [0.3, 0.4) is 0 Å². The van der Waals surface area contributed by atoms with Crippen LogP contribution in [-0.4, -0.2) is 5.52 Å². The van der Waals surface area contributed by atoms with Gasteiger partial charge in [0.05, 0.1) is 0 Å². The van der Waals surface area contributed by atoms with E-state index >= 15 is 0 Å². The van der Waals surface area contributed by atoms with E-state index in [1.54, 1.807) is 0 Å².